The monoisotopic (exact) mass is 277 g/mol. The zero-order valence-electron chi connectivity index (χ0n) is 10.9. The molecule has 0 saturated carbocycles. The van der Waals surface area contributed by atoms with Gasteiger partial charge in [-0.25, -0.2) is 0 Å². The maximum absolute atomic E-state index is 11.9. The number of hydrogen-bond acceptors (Lipinski definition) is 6. The fourth-order valence-electron chi connectivity index (χ4n) is 1.98. The summed E-state index contributed by atoms with van der Waals surface area (Å²) in [5.74, 6) is 0.997. The second-order valence-corrected chi connectivity index (χ2v) is 4.41. The van der Waals surface area contributed by atoms with E-state index in [1.54, 1.807) is 24.5 Å². The van der Waals surface area contributed by atoms with Crippen molar-refractivity contribution < 1.29 is 18.5 Å². The zero-order valence-corrected chi connectivity index (χ0v) is 10.9. The second kappa shape index (κ2) is 5.79. The van der Waals surface area contributed by atoms with Gasteiger partial charge in [-0.3, -0.25) is 4.79 Å². The van der Waals surface area contributed by atoms with Crippen LogP contribution in [0.3, 0.4) is 0 Å². The van der Waals surface area contributed by atoms with Crippen molar-refractivity contribution >= 4 is 11.8 Å². The molecule has 3 rings (SSSR count). The molecule has 7 nitrogen and oxygen atoms in total. The molecule has 1 saturated heterocycles. The number of hydrogen-bond donors (Lipinski definition) is 1. The molecular weight excluding hydrogens is 262 g/mol. The average Bonchev–Trinajstić information content (AvgIpc) is 3.17. The van der Waals surface area contributed by atoms with E-state index in [-0.39, 0.29) is 11.6 Å². The molecule has 0 spiro atoms. The molecule has 20 heavy (non-hydrogen) atoms. The number of anilines is 1. The SMILES string of the molecule is O=C(NCc1ccco1)c1cc(N2CCOCC2)on1. The number of morpholine rings is 1. The zero-order chi connectivity index (χ0) is 13.8. The molecular formula is C13H15N3O4. The lowest BCUT2D eigenvalue weighted by Crippen LogP contribution is -2.35. The Balaban J connectivity index is 1.59. The summed E-state index contributed by atoms with van der Waals surface area (Å²) in [6, 6.07) is 5.21. The van der Waals surface area contributed by atoms with Crippen LogP contribution in [0, 0.1) is 0 Å². The quantitative estimate of drug-likeness (QED) is 0.899. The molecule has 2 aromatic rings. The van der Waals surface area contributed by atoms with Crippen LogP contribution in [0.1, 0.15) is 16.2 Å². The van der Waals surface area contributed by atoms with E-state index in [0.717, 1.165) is 13.1 Å². The Bertz CT molecular complexity index is 558. The van der Waals surface area contributed by atoms with Crippen molar-refractivity contribution in [2.75, 3.05) is 31.2 Å². The summed E-state index contributed by atoms with van der Waals surface area (Å²) in [7, 11) is 0. The lowest BCUT2D eigenvalue weighted by molar-refractivity contribution is 0.0938. The molecule has 1 aliphatic heterocycles. The fraction of sp³-hybridized carbons (Fsp3) is 0.385. The third kappa shape index (κ3) is 2.83. The topological polar surface area (TPSA) is 80.7 Å². The Kier molecular flexibility index (Phi) is 3.69. The molecule has 0 atom stereocenters. The van der Waals surface area contributed by atoms with Crippen LogP contribution in [0.25, 0.3) is 0 Å². The first-order valence-corrected chi connectivity index (χ1v) is 6.43. The van der Waals surface area contributed by atoms with Crippen molar-refractivity contribution in [2.24, 2.45) is 0 Å². The van der Waals surface area contributed by atoms with Gasteiger partial charge < -0.3 is 23.9 Å². The third-order valence-corrected chi connectivity index (χ3v) is 3.06. The van der Waals surface area contributed by atoms with Gasteiger partial charge in [0.2, 0.25) is 5.88 Å². The van der Waals surface area contributed by atoms with Gasteiger partial charge in [0.25, 0.3) is 5.91 Å². The van der Waals surface area contributed by atoms with Crippen LogP contribution in [0.2, 0.25) is 0 Å². The normalized spacial score (nSPS) is 15.3. The first-order valence-electron chi connectivity index (χ1n) is 6.43. The number of rotatable bonds is 4. The third-order valence-electron chi connectivity index (χ3n) is 3.06. The van der Waals surface area contributed by atoms with Gasteiger partial charge in [-0.05, 0) is 12.1 Å². The summed E-state index contributed by atoms with van der Waals surface area (Å²) >= 11 is 0. The smallest absolute Gasteiger partial charge is 0.273 e. The molecule has 0 aromatic carbocycles. The van der Waals surface area contributed by atoms with Gasteiger partial charge in [-0.1, -0.05) is 5.16 Å². The van der Waals surface area contributed by atoms with E-state index in [1.165, 1.54) is 0 Å². The van der Waals surface area contributed by atoms with Gasteiger partial charge in [0.15, 0.2) is 5.69 Å². The number of nitrogens with one attached hydrogen (secondary N) is 1. The fourth-order valence-corrected chi connectivity index (χ4v) is 1.98. The molecule has 1 aliphatic rings. The summed E-state index contributed by atoms with van der Waals surface area (Å²) in [6.45, 7) is 3.11. The van der Waals surface area contributed by atoms with Crippen molar-refractivity contribution in [3.05, 3.63) is 35.9 Å². The summed E-state index contributed by atoms with van der Waals surface area (Å²) in [6.07, 6.45) is 1.56. The van der Waals surface area contributed by atoms with E-state index in [1.807, 2.05) is 4.90 Å². The first-order chi connectivity index (χ1) is 9.83. The highest BCUT2D eigenvalue weighted by Gasteiger charge is 2.18. The number of ether oxygens (including phenoxy) is 1. The van der Waals surface area contributed by atoms with Gasteiger partial charge in [0.1, 0.15) is 5.76 Å². The number of carbonyl (C=O) groups is 1. The van der Waals surface area contributed by atoms with Gasteiger partial charge in [0.05, 0.1) is 26.0 Å². The highest BCUT2D eigenvalue weighted by Crippen LogP contribution is 2.17. The number of amides is 1. The molecule has 1 fully saturated rings. The minimum absolute atomic E-state index is 0.262. The van der Waals surface area contributed by atoms with E-state index < -0.39 is 0 Å². The molecule has 0 aliphatic carbocycles. The maximum Gasteiger partial charge on any atom is 0.273 e. The number of aromatic nitrogens is 1. The predicted octanol–water partition coefficient (Wildman–Crippen LogP) is 1.03. The predicted molar refractivity (Wildman–Crippen MR) is 69.4 cm³/mol. The van der Waals surface area contributed by atoms with Crippen molar-refractivity contribution in [1.29, 1.82) is 0 Å². The van der Waals surface area contributed by atoms with Gasteiger partial charge in [0, 0.05) is 19.2 Å². The minimum Gasteiger partial charge on any atom is -0.467 e. The lowest BCUT2D eigenvalue weighted by atomic mass is 10.3. The Morgan fingerprint density at radius 1 is 1.40 bits per heavy atom. The molecule has 7 heteroatoms. The van der Waals surface area contributed by atoms with Crippen LogP contribution in [-0.4, -0.2) is 37.4 Å². The molecule has 2 aromatic heterocycles. The van der Waals surface area contributed by atoms with Gasteiger partial charge in [-0.2, -0.15) is 0 Å². The van der Waals surface area contributed by atoms with E-state index >= 15 is 0 Å². The number of carbonyl (C=O) groups excluding carboxylic acids is 1. The largest absolute Gasteiger partial charge is 0.467 e. The van der Waals surface area contributed by atoms with Crippen LogP contribution in [-0.2, 0) is 11.3 Å². The summed E-state index contributed by atoms with van der Waals surface area (Å²) < 4.78 is 15.6. The number of nitrogens with zero attached hydrogens (tertiary/aromatic N) is 2. The summed E-state index contributed by atoms with van der Waals surface area (Å²) in [5, 5.41) is 6.51. The Hall–Kier alpha value is -2.28. The standard InChI is InChI=1S/C13H15N3O4/c17-13(14-9-10-2-1-5-19-10)11-8-12(20-15-11)16-3-6-18-7-4-16/h1-2,5,8H,3-4,6-7,9H2,(H,14,17). The van der Waals surface area contributed by atoms with Gasteiger partial charge in [-0.15, -0.1) is 0 Å². The number of furan rings is 1. The molecule has 1 N–H and O–H groups in total. The second-order valence-electron chi connectivity index (χ2n) is 4.41. The Morgan fingerprint density at radius 2 is 2.25 bits per heavy atom. The van der Waals surface area contributed by atoms with Crippen LogP contribution in [0.4, 0.5) is 5.88 Å². The van der Waals surface area contributed by atoms with Crippen molar-refractivity contribution in [3.63, 3.8) is 0 Å². The van der Waals surface area contributed by atoms with E-state index in [9.17, 15) is 4.79 Å². The molecule has 106 valence electrons. The van der Waals surface area contributed by atoms with Crippen molar-refractivity contribution in [2.45, 2.75) is 6.54 Å². The lowest BCUT2D eigenvalue weighted by Gasteiger charge is -2.25. The van der Waals surface area contributed by atoms with E-state index in [0.29, 0.717) is 31.4 Å². The van der Waals surface area contributed by atoms with Crippen LogP contribution in [0.5, 0.6) is 0 Å². The first kappa shape index (κ1) is 12.7. The summed E-state index contributed by atoms with van der Waals surface area (Å²) in [4.78, 5) is 13.9. The highest BCUT2D eigenvalue weighted by atomic mass is 16.5. The van der Waals surface area contributed by atoms with Gasteiger partial charge >= 0.3 is 0 Å². The molecule has 0 radical (unpaired) electrons. The van der Waals surface area contributed by atoms with Crippen LogP contribution >= 0.6 is 0 Å². The molecule has 0 bridgehead atoms. The average molecular weight is 277 g/mol. The Morgan fingerprint density at radius 3 is 3.00 bits per heavy atom. The highest BCUT2D eigenvalue weighted by molar-refractivity contribution is 5.92. The van der Waals surface area contributed by atoms with Crippen molar-refractivity contribution in [1.82, 2.24) is 10.5 Å². The summed E-state index contributed by atoms with van der Waals surface area (Å²) in [5.41, 5.74) is 0.262. The van der Waals surface area contributed by atoms with E-state index in [4.69, 9.17) is 13.7 Å². The molecule has 1 amide bonds. The van der Waals surface area contributed by atoms with Crippen LogP contribution < -0.4 is 10.2 Å². The minimum atomic E-state index is -0.287. The maximum atomic E-state index is 11.9. The van der Waals surface area contributed by atoms with Crippen molar-refractivity contribution in [3.8, 4) is 0 Å². The molecule has 3 heterocycles. The Labute approximate surface area is 115 Å². The van der Waals surface area contributed by atoms with E-state index in [2.05, 4.69) is 10.5 Å². The van der Waals surface area contributed by atoms with Crippen LogP contribution in [0.15, 0.2) is 33.4 Å². The molecule has 0 unspecified atom stereocenters.